The van der Waals surface area contributed by atoms with Gasteiger partial charge in [-0.25, -0.2) is 4.39 Å². The predicted octanol–water partition coefficient (Wildman–Crippen LogP) is 4.94. The van der Waals surface area contributed by atoms with Gasteiger partial charge in [0, 0.05) is 10.9 Å². The molecule has 1 unspecified atom stereocenters. The van der Waals surface area contributed by atoms with Crippen LogP contribution in [0.3, 0.4) is 0 Å². The molecule has 0 radical (unpaired) electrons. The number of benzene rings is 2. The van der Waals surface area contributed by atoms with Gasteiger partial charge >= 0.3 is 0 Å². The van der Waals surface area contributed by atoms with Crippen molar-refractivity contribution in [2.75, 3.05) is 0 Å². The van der Waals surface area contributed by atoms with E-state index >= 15 is 0 Å². The van der Waals surface area contributed by atoms with Gasteiger partial charge in [-0.3, -0.25) is 0 Å². The maximum atomic E-state index is 13.2. The molecule has 0 amide bonds. The Morgan fingerprint density at radius 1 is 1.11 bits per heavy atom. The topological polar surface area (TPSA) is 20.2 Å². The molecule has 2 aromatic carbocycles. The molecule has 0 fully saturated rings. The lowest BCUT2D eigenvalue weighted by Gasteiger charge is -2.14. The second kappa shape index (κ2) is 6.16. The molecule has 0 aliphatic carbocycles. The standard InChI is InChI=1S/C15H13Br2FO/c1-9-2-4-12(16)11(6-9)15(19)8-10-3-5-14(18)13(17)7-10/h2-7,15,19H,8H2,1H3. The van der Waals surface area contributed by atoms with E-state index in [2.05, 4.69) is 31.9 Å². The Kier molecular flexibility index (Phi) is 4.76. The zero-order valence-electron chi connectivity index (χ0n) is 10.3. The number of halogens is 3. The van der Waals surface area contributed by atoms with Gasteiger partial charge in [-0.15, -0.1) is 0 Å². The zero-order valence-corrected chi connectivity index (χ0v) is 13.5. The monoisotopic (exact) mass is 386 g/mol. The van der Waals surface area contributed by atoms with Crippen LogP contribution in [0.25, 0.3) is 0 Å². The highest BCUT2D eigenvalue weighted by Crippen LogP contribution is 2.28. The first-order valence-electron chi connectivity index (χ1n) is 5.85. The van der Waals surface area contributed by atoms with Crippen molar-refractivity contribution in [2.24, 2.45) is 0 Å². The molecule has 0 saturated carbocycles. The van der Waals surface area contributed by atoms with E-state index in [4.69, 9.17) is 0 Å². The molecule has 0 aliphatic heterocycles. The van der Waals surface area contributed by atoms with Crippen LogP contribution in [0.5, 0.6) is 0 Å². The molecule has 0 bridgehead atoms. The number of hydrogen-bond acceptors (Lipinski definition) is 1. The molecule has 0 aliphatic rings. The fourth-order valence-electron chi connectivity index (χ4n) is 1.92. The summed E-state index contributed by atoms with van der Waals surface area (Å²) in [5, 5.41) is 10.3. The molecular formula is C15H13Br2FO. The molecule has 0 heterocycles. The van der Waals surface area contributed by atoms with Crippen LogP contribution in [-0.4, -0.2) is 5.11 Å². The van der Waals surface area contributed by atoms with Crippen LogP contribution in [0.15, 0.2) is 45.3 Å². The van der Waals surface area contributed by atoms with E-state index in [1.165, 1.54) is 6.07 Å². The zero-order chi connectivity index (χ0) is 14.0. The number of aliphatic hydroxyl groups is 1. The third-order valence-electron chi connectivity index (χ3n) is 2.92. The van der Waals surface area contributed by atoms with E-state index in [9.17, 15) is 9.50 Å². The van der Waals surface area contributed by atoms with Crippen molar-refractivity contribution in [1.82, 2.24) is 0 Å². The Hall–Kier alpha value is -0.710. The smallest absolute Gasteiger partial charge is 0.137 e. The van der Waals surface area contributed by atoms with Gasteiger partial charge in [0.05, 0.1) is 10.6 Å². The average molecular weight is 388 g/mol. The Morgan fingerprint density at radius 2 is 1.84 bits per heavy atom. The van der Waals surface area contributed by atoms with Crippen molar-refractivity contribution in [3.8, 4) is 0 Å². The summed E-state index contributed by atoms with van der Waals surface area (Å²) in [6.45, 7) is 1.98. The van der Waals surface area contributed by atoms with E-state index in [0.29, 0.717) is 10.9 Å². The van der Waals surface area contributed by atoms with Crippen LogP contribution in [0.1, 0.15) is 22.8 Å². The minimum Gasteiger partial charge on any atom is -0.388 e. The van der Waals surface area contributed by atoms with Gasteiger partial charge in [-0.05, 0) is 52.2 Å². The largest absolute Gasteiger partial charge is 0.388 e. The second-order valence-corrected chi connectivity index (χ2v) is 6.20. The Morgan fingerprint density at radius 3 is 2.53 bits per heavy atom. The van der Waals surface area contributed by atoms with Crippen molar-refractivity contribution in [2.45, 2.75) is 19.4 Å². The van der Waals surface area contributed by atoms with E-state index in [1.807, 2.05) is 25.1 Å². The minimum absolute atomic E-state index is 0.296. The van der Waals surface area contributed by atoms with Crippen LogP contribution in [-0.2, 0) is 6.42 Å². The first kappa shape index (κ1) is 14.7. The Balaban J connectivity index is 2.22. The molecule has 2 rings (SSSR count). The summed E-state index contributed by atoms with van der Waals surface area (Å²) in [5.41, 5.74) is 2.83. The average Bonchev–Trinajstić information content (AvgIpc) is 2.36. The summed E-state index contributed by atoms with van der Waals surface area (Å²) in [6, 6.07) is 10.6. The second-order valence-electron chi connectivity index (χ2n) is 4.49. The SMILES string of the molecule is Cc1ccc(Br)c(C(O)Cc2ccc(F)c(Br)c2)c1. The summed E-state index contributed by atoms with van der Waals surface area (Å²) in [6.07, 6.45) is -0.173. The van der Waals surface area contributed by atoms with Crippen LogP contribution in [0, 0.1) is 12.7 Å². The van der Waals surface area contributed by atoms with Gasteiger partial charge in [-0.2, -0.15) is 0 Å². The molecular weight excluding hydrogens is 375 g/mol. The number of aliphatic hydroxyl groups excluding tert-OH is 1. The third kappa shape index (κ3) is 3.65. The van der Waals surface area contributed by atoms with Crippen LogP contribution in [0.2, 0.25) is 0 Å². The summed E-state index contributed by atoms with van der Waals surface area (Å²) in [7, 11) is 0. The van der Waals surface area contributed by atoms with E-state index in [0.717, 1.165) is 21.2 Å². The van der Waals surface area contributed by atoms with Crippen LogP contribution in [0.4, 0.5) is 4.39 Å². The molecule has 0 aromatic heterocycles. The van der Waals surface area contributed by atoms with E-state index in [1.54, 1.807) is 12.1 Å². The molecule has 0 spiro atoms. The summed E-state index contributed by atoms with van der Waals surface area (Å²) < 4.78 is 14.5. The van der Waals surface area contributed by atoms with Crippen molar-refractivity contribution >= 4 is 31.9 Å². The van der Waals surface area contributed by atoms with Gasteiger partial charge in [0.15, 0.2) is 0 Å². The lowest BCUT2D eigenvalue weighted by molar-refractivity contribution is 0.177. The van der Waals surface area contributed by atoms with Crippen LogP contribution >= 0.6 is 31.9 Å². The lowest BCUT2D eigenvalue weighted by Crippen LogP contribution is -2.03. The fourth-order valence-corrected chi connectivity index (χ4v) is 2.86. The molecule has 100 valence electrons. The number of aryl methyl sites for hydroxylation is 1. The summed E-state index contributed by atoms with van der Waals surface area (Å²) in [4.78, 5) is 0. The molecule has 4 heteroatoms. The van der Waals surface area contributed by atoms with Gasteiger partial charge < -0.3 is 5.11 Å². The highest BCUT2D eigenvalue weighted by Gasteiger charge is 2.13. The lowest BCUT2D eigenvalue weighted by atomic mass is 10.00. The van der Waals surface area contributed by atoms with Crippen LogP contribution < -0.4 is 0 Å². The molecule has 1 atom stereocenters. The van der Waals surface area contributed by atoms with Gasteiger partial charge in [0.2, 0.25) is 0 Å². The predicted molar refractivity (Wildman–Crippen MR) is 81.6 cm³/mol. The van der Waals surface area contributed by atoms with E-state index < -0.39 is 6.10 Å². The summed E-state index contributed by atoms with van der Waals surface area (Å²) in [5.74, 6) is -0.296. The number of rotatable bonds is 3. The highest BCUT2D eigenvalue weighted by atomic mass is 79.9. The Labute approximate surface area is 128 Å². The van der Waals surface area contributed by atoms with E-state index in [-0.39, 0.29) is 5.82 Å². The molecule has 2 aromatic rings. The molecule has 0 saturated heterocycles. The van der Waals surface area contributed by atoms with Crippen molar-refractivity contribution in [3.63, 3.8) is 0 Å². The molecule has 1 nitrogen and oxygen atoms in total. The fraction of sp³-hybridized carbons (Fsp3) is 0.200. The van der Waals surface area contributed by atoms with Gasteiger partial charge in [0.25, 0.3) is 0 Å². The first-order chi connectivity index (χ1) is 8.97. The quantitative estimate of drug-likeness (QED) is 0.791. The third-order valence-corrected chi connectivity index (χ3v) is 4.25. The normalized spacial score (nSPS) is 12.5. The van der Waals surface area contributed by atoms with Crippen molar-refractivity contribution < 1.29 is 9.50 Å². The van der Waals surface area contributed by atoms with Gasteiger partial charge in [-0.1, -0.05) is 39.7 Å². The maximum absolute atomic E-state index is 13.2. The maximum Gasteiger partial charge on any atom is 0.137 e. The first-order valence-corrected chi connectivity index (χ1v) is 7.44. The molecule has 1 N–H and O–H groups in total. The minimum atomic E-state index is -0.619. The van der Waals surface area contributed by atoms with Crippen molar-refractivity contribution in [3.05, 3.63) is 67.9 Å². The Bertz CT molecular complexity index is 599. The number of hydrogen-bond donors (Lipinski definition) is 1. The van der Waals surface area contributed by atoms with Gasteiger partial charge in [0.1, 0.15) is 5.82 Å². The highest BCUT2D eigenvalue weighted by molar-refractivity contribution is 9.10. The van der Waals surface area contributed by atoms with Crippen molar-refractivity contribution in [1.29, 1.82) is 0 Å². The molecule has 19 heavy (non-hydrogen) atoms. The summed E-state index contributed by atoms with van der Waals surface area (Å²) >= 11 is 6.59.